The molecular formula is C23H23N3O2. The molecule has 2 heterocycles. The van der Waals surface area contributed by atoms with E-state index in [9.17, 15) is 9.90 Å². The highest BCUT2D eigenvalue weighted by atomic mass is 16.3. The van der Waals surface area contributed by atoms with Crippen molar-refractivity contribution in [3.05, 3.63) is 77.2 Å². The first-order valence-corrected chi connectivity index (χ1v) is 9.70. The van der Waals surface area contributed by atoms with E-state index < -0.39 is 6.10 Å². The average molecular weight is 373 g/mol. The van der Waals surface area contributed by atoms with E-state index >= 15 is 0 Å². The number of imidazole rings is 1. The van der Waals surface area contributed by atoms with E-state index in [1.807, 2.05) is 30.7 Å². The number of aryl methyl sites for hydroxylation is 1. The van der Waals surface area contributed by atoms with Crippen LogP contribution in [0.15, 0.2) is 55.0 Å². The lowest BCUT2D eigenvalue weighted by molar-refractivity contribution is 0.0717. The van der Waals surface area contributed by atoms with E-state index in [0.29, 0.717) is 5.56 Å². The number of carbonyl (C=O) groups is 1. The number of aliphatic hydroxyl groups is 1. The number of hydrogen-bond donors (Lipinski definition) is 1. The smallest absolute Gasteiger partial charge is 0.253 e. The van der Waals surface area contributed by atoms with E-state index in [1.165, 1.54) is 11.1 Å². The van der Waals surface area contributed by atoms with Gasteiger partial charge in [-0.15, -0.1) is 0 Å². The molecule has 0 radical (unpaired) electrons. The second kappa shape index (κ2) is 6.31. The monoisotopic (exact) mass is 373 g/mol. The summed E-state index contributed by atoms with van der Waals surface area (Å²) in [5.74, 6) is 0.0618. The third kappa shape index (κ3) is 2.43. The zero-order chi connectivity index (χ0) is 19.4. The van der Waals surface area contributed by atoms with Crippen LogP contribution in [0.25, 0.3) is 11.3 Å². The molecule has 5 heteroatoms. The predicted molar refractivity (Wildman–Crippen MR) is 107 cm³/mol. The van der Waals surface area contributed by atoms with Crippen LogP contribution in [0.2, 0.25) is 0 Å². The number of aromatic nitrogens is 2. The summed E-state index contributed by atoms with van der Waals surface area (Å²) in [6, 6.07) is 14.2. The van der Waals surface area contributed by atoms with Gasteiger partial charge in [0.1, 0.15) is 0 Å². The van der Waals surface area contributed by atoms with Crippen molar-refractivity contribution in [1.29, 1.82) is 0 Å². The molecule has 0 saturated carbocycles. The second-order valence-corrected chi connectivity index (χ2v) is 7.98. The number of benzene rings is 2. The molecule has 5 nitrogen and oxygen atoms in total. The van der Waals surface area contributed by atoms with Gasteiger partial charge in [-0.2, -0.15) is 0 Å². The van der Waals surface area contributed by atoms with Gasteiger partial charge in [0.15, 0.2) is 0 Å². The largest absolute Gasteiger partial charge is 0.388 e. The molecule has 1 aromatic heterocycles. The van der Waals surface area contributed by atoms with E-state index in [2.05, 4.69) is 33.8 Å². The molecular weight excluding hydrogens is 350 g/mol. The normalized spacial score (nSPS) is 22.3. The van der Waals surface area contributed by atoms with Crippen molar-refractivity contribution < 1.29 is 9.90 Å². The summed E-state index contributed by atoms with van der Waals surface area (Å²) >= 11 is 0. The van der Waals surface area contributed by atoms with Crippen LogP contribution in [0.4, 0.5) is 0 Å². The maximum atomic E-state index is 12.3. The van der Waals surface area contributed by atoms with E-state index in [0.717, 1.165) is 29.7 Å². The fraction of sp³-hybridized carbons (Fsp3) is 0.304. The van der Waals surface area contributed by atoms with Crippen molar-refractivity contribution in [2.45, 2.75) is 25.0 Å². The van der Waals surface area contributed by atoms with Gasteiger partial charge in [-0.3, -0.25) is 4.79 Å². The number of nitrogens with zero attached hydrogens (tertiary/aromatic N) is 3. The Morgan fingerprint density at radius 3 is 2.82 bits per heavy atom. The summed E-state index contributed by atoms with van der Waals surface area (Å²) < 4.78 is 2.20. The summed E-state index contributed by atoms with van der Waals surface area (Å²) in [6.07, 6.45) is 4.93. The SMILES string of the molecule is CN(C)C(=O)c1ccc2c(c1)CC[C@@H]([C@@H]1c3ccccc3-c3cncn31)[C@@H]2O. The average Bonchev–Trinajstić information content (AvgIpc) is 3.29. The van der Waals surface area contributed by atoms with Crippen molar-refractivity contribution in [2.75, 3.05) is 14.1 Å². The fourth-order valence-electron chi connectivity index (χ4n) is 4.85. The lowest BCUT2D eigenvalue weighted by atomic mass is 9.75. The molecule has 0 fully saturated rings. The Morgan fingerprint density at radius 1 is 1.18 bits per heavy atom. The van der Waals surface area contributed by atoms with Gasteiger partial charge < -0.3 is 14.6 Å². The number of aliphatic hydroxyl groups excluding tert-OH is 1. The molecule has 1 N–H and O–H groups in total. The first-order chi connectivity index (χ1) is 13.6. The molecule has 2 aliphatic rings. The van der Waals surface area contributed by atoms with E-state index in [1.54, 1.807) is 19.0 Å². The maximum Gasteiger partial charge on any atom is 0.253 e. The Kier molecular flexibility index (Phi) is 3.88. The van der Waals surface area contributed by atoms with E-state index in [-0.39, 0.29) is 17.9 Å². The van der Waals surface area contributed by atoms with Crippen LogP contribution in [0.1, 0.15) is 45.6 Å². The first kappa shape index (κ1) is 17.2. The van der Waals surface area contributed by atoms with Crippen LogP contribution < -0.4 is 0 Å². The van der Waals surface area contributed by atoms with Gasteiger partial charge in [-0.25, -0.2) is 4.98 Å². The van der Waals surface area contributed by atoms with Gasteiger partial charge in [-0.05, 0) is 41.7 Å². The summed E-state index contributed by atoms with van der Waals surface area (Å²) in [7, 11) is 3.51. The van der Waals surface area contributed by atoms with E-state index in [4.69, 9.17) is 0 Å². The summed E-state index contributed by atoms with van der Waals surface area (Å²) in [6.45, 7) is 0. The highest BCUT2D eigenvalue weighted by Crippen LogP contribution is 2.49. The number of amides is 1. The lowest BCUT2D eigenvalue weighted by Gasteiger charge is -2.35. The maximum absolute atomic E-state index is 12.3. The van der Waals surface area contributed by atoms with Crippen molar-refractivity contribution in [3.8, 4) is 11.3 Å². The van der Waals surface area contributed by atoms with Crippen molar-refractivity contribution in [1.82, 2.24) is 14.5 Å². The zero-order valence-electron chi connectivity index (χ0n) is 16.0. The zero-order valence-corrected chi connectivity index (χ0v) is 16.0. The third-order valence-electron chi connectivity index (χ3n) is 6.19. The van der Waals surface area contributed by atoms with Gasteiger partial charge in [0, 0.05) is 31.1 Å². The molecule has 2 aromatic carbocycles. The van der Waals surface area contributed by atoms with Crippen LogP contribution >= 0.6 is 0 Å². The molecule has 0 unspecified atom stereocenters. The molecule has 3 atom stereocenters. The van der Waals surface area contributed by atoms with Gasteiger partial charge in [-0.1, -0.05) is 30.3 Å². The first-order valence-electron chi connectivity index (χ1n) is 9.70. The van der Waals surface area contributed by atoms with Crippen LogP contribution in [-0.2, 0) is 6.42 Å². The van der Waals surface area contributed by atoms with Crippen LogP contribution in [0.5, 0.6) is 0 Å². The Hall–Kier alpha value is -2.92. The Balaban J connectivity index is 1.53. The quantitative estimate of drug-likeness (QED) is 0.748. The molecule has 3 aromatic rings. The second-order valence-electron chi connectivity index (χ2n) is 7.98. The molecule has 1 aliphatic heterocycles. The molecule has 1 amide bonds. The molecule has 0 spiro atoms. The number of rotatable bonds is 2. The molecule has 1 aliphatic carbocycles. The number of fused-ring (bicyclic) bond motifs is 4. The number of hydrogen-bond acceptors (Lipinski definition) is 3. The van der Waals surface area contributed by atoms with Gasteiger partial charge in [0.25, 0.3) is 5.91 Å². The van der Waals surface area contributed by atoms with Crippen LogP contribution in [-0.4, -0.2) is 39.6 Å². The van der Waals surface area contributed by atoms with Crippen molar-refractivity contribution in [3.63, 3.8) is 0 Å². The Bertz CT molecular complexity index is 1070. The summed E-state index contributed by atoms with van der Waals surface area (Å²) in [5.41, 5.74) is 6.27. The minimum atomic E-state index is -0.571. The molecule has 0 bridgehead atoms. The topological polar surface area (TPSA) is 58.4 Å². The van der Waals surface area contributed by atoms with Gasteiger partial charge >= 0.3 is 0 Å². The van der Waals surface area contributed by atoms with Gasteiger partial charge in [0.2, 0.25) is 0 Å². The highest BCUT2D eigenvalue weighted by molar-refractivity contribution is 5.94. The third-order valence-corrected chi connectivity index (χ3v) is 6.19. The highest BCUT2D eigenvalue weighted by Gasteiger charge is 2.40. The predicted octanol–water partition coefficient (Wildman–Crippen LogP) is 3.45. The van der Waals surface area contributed by atoms with Crippen molar-refractivity contribution in [2.24, 2.45) is 5.92 Å². The number of carbonyl (C=O) groups excluding carboxylic acids is 1. The molecule has 28 heavy (non-hydrogen) atoms. The lowest BCUT2D eigenvalue weighted by Crippen LogP contribution is -2.29. The summed E-state index contributed by atoms with van der Waals surface area (Å²) in [5, 5.41) is 11.3. The molecule has 5 rings (SSSR count). The van der Waals surface area contributed by atoms with Crippen molar-refractivity contribution >= 4 is 5.91 Å². The van der Waals surface area contributed by atoms with Crippen LogP contribution in [0, 0.1) is 5.92 Å². The Labute approximate surface area is 164 Å². The molecule has 0 saturated heterocycles. The minimum Gasteiger partial charge on any atom is -0.388 e. The molecule has 142 valence electrons. The minimum absolute atomic E-state index is 0.00723. The standard InChI is InChI=1S/C23H23N3O2/c1-25(2)23(28)15-8-9-16-14(11-15)7-10-19(22(16)27)21-18-6-4-3-5-17(18)20-12-24-13-26(20)21/h3-6,8-9,11-13,19,21-22,27H,7,10H2,1-2H3/t19-,21-,22+/m0/s1. The van der Waals surface area contributed by atoms with Gasteiger partial charge in [0.05, 0.1) is 30.4 Å². The summed E-state index contributed by atoms with van der Waals surface area (Å²) in [4.78, 5) is 18.2. The Morgan fingerprint density at radius 2 is 2.00 bits per heavy atom. The fourth-order valence-corrected chi connectivity index (χ4v) is 4.85. The van der Waals surface area contributed by atoms with Crippen LogP contribution in [0.3, 0.4) is 0 Å².